The second-order valence-electron chi connectivity index (χ2n) is 5.63. The van der Waals surface area contributed by atoms with Gasteiger partial charge in [0.05, 0.1) is 5.69 Å². The summed E-state index contributed by atoms with van der Waals surface area (Å²) in [6.45, 7) is 1.44. The fourth-order valence-electron chi connectivity index (χ4n) is 2.70. The van der Waals surface area contributed by atoms with Crippen molar-refractivity contribution in [3.05, 3.63) is 53.6 Å². The largest absolute Gasteiger partial charge is 0.482 e. The lowest BCUT2D eigenvalue weighted by atomic mass is 10.1. The van der Waals surface area contributed by atoms with Crippen LogP contribution in [-0.4, -0.2) is 30.9 Å². The van der Waals surface area contributed by atoms with E-state index in [1.54, 1.807) is 49.4 Å². The molecule has 128 valence electrons. The van der Waals surface area contributed by atoms with Gasteiger partial charge in [0.15, 0.2) is 6.61 Å². The Kier molecular flexibility index (Phi) is 4.38. The molecule has 0 aromatic heterocycles. The smallest absolute Gasteiger partial charge is 0.265 e. The van der Waals surface area contributed by atoms with E-state index < -0.39 is 5.91 Å². The number of fused-ring (bicyclic) bond motifs is 1. The number of primary amides is 1. The second-order valence-corrected chi connectivity index (χ2v) is 5.63. The molecule has 0 fully saturated rings. The monoisotopic (exact) mass is 339 g/mol. The average Bonchev–Trinajstić information content (AvgIpc) is 2.59. The number of nitrogens with two attached hydrogens (primary N) is 1. The van der Waals surface area contributed by atoms with Crippen molar-refractivity contribution in [3.8, 4) is 5.75 Å². The van der Waals surface area contributed by atoms with Gasteiger partial charge in [-0.2, -0.15) is 0 Å². The minimum Gasteiger partial charge on any atom is -0.482 e. The number of para-hydroxylation sites is 2. The molecule has 0 spiro atoms. The number of benzene rings is 2. The van der Waals surface area contributed by atoms with Crippen molar-refractivity contribution >= 4 is 29.1 Å². The lowest BCUT2D eigenvalue weighted by Gasteiger charge is -2.28. The summed E-state index contributed by atoms with van der Waals surface area (Å²) >= 11 is 0. The number of amides is 3. The van der Waals surface area contributed by atoms with Crippen LogP contribution in [0.3, 0.4) is 0 Å². The average molecular weight is 339 g/mol. The Hall–Kier alpha value is -3.35. The third-order valence-corrected chi connectivity index (χ3v) is 3.98. The zero-order chi connectivity index (χ0) is 18.0. The summed E-state index contributed by atoms with van der Waals surface area (Å²) in [5, 5.41) is 2.72. The Morgan fingerprint density at radius 1 is 1.20 bits per heavy atom. The summed E-state index contributed by atoms with van der Waals surface area (Å²) in [5.41, 5.74) is 7.27. The molecule has 0 unspecified atom stereocenters. The highest BCUT2D eigenvalue weighted by Crippen LogP contribution is 2.31. The summed E-state index contributed by atoms with van der Waals surface area (Å²) in [7, 11) is 0. The summed E-state index contributed by atoms with van der Waals surface area (Å²) in [6.07, 6.45) is 0. The van der Waals surface area contributed by atoms with Crippen molar-refractivity contribution in [1.82, 2.24) is 0 Å². The fraction of sp³-hybridized carbons (Fsp3) is 0.167. The first kappa shape index (κ1) is 16.5. The van der Waals surface area contributed by atoms with Crippen LogP contribution >= 0.6 is 0 Å². The molecule has 1 heterocycles. The molecule has 0 saturated heterocycles. The van der Waals surface area contributed by atoms with Crippen LogP contribution in [0.15, 0.2) is 42.5 Å². The molecule has 0 saturated carbocycles. The number of hydrogen-bond acceptors (Lipinski definition) is 4. The Morgan fingerprint density at radius 2 is 1.96 bits per heavy atom. The summed E-state index contributed by atoms with van der Waals surface area (Å²) in [4.78, 5) is 37.3. The van der Waals surface area contributed by atoms with Crippen LogP contribution in [-0.2, 0) is 9.59 Å². The number of carbonyl (C=O) groups excluding carboxylic acids is 3. The minimum atomic E-state index is -0.564. The van der Waals surface area contributed by atoms with Crippen molar-refractivity contribution in [2.75, 3.05) is 23.4 Å². The zero-order valence-electron chi connectivity index (χ0n) is 13.6. The molecule has 1 aliphatic rings. The second kappa shape index (κ2) is 6.64. The Morgan fingerprint density at radius 3 is 2.72 bits per heavy atom. The SMILES string of the molecule is Cc1c(NC(=O)CN2C(=O)COc3ccccc32)cccc1C(N)=O. The molecule has 0 bridgehead atoms. The molecular weight excluding hydrogens is 322 g/mol. The molecule has 3 rings (SSSR count). The standard InChI is InChI=1S/C18H17N3O4/c1-11-12(18(19)24)5-4-6-13(11)20-16(22)9-21-14-7-2-3-8-15(14)25-10-17(21)23/h2-8H,9-10H2,1H3,(H2,19,24)(H,20,22). The van der Waals surface area contributed by atoms with Gasteiger partial charge in [-0.3, -0.25) is 19.3 Å². The number of carbonyl (C=O) groups is 3. The molecule has 0 aliphatic carbocycles. The first-order valence-electron chi connectivity index (χ1n) is 7.69. The molecule has 0 radical (unpaired) electrons. The first-order chi connectivity index (χ1) is 12.0. The quantitative estimate of drug-likeness (QED) is 0.880. The summed E-state index contributed by atoms with van der Waals surface area (Å²) in [6, 6.07) is 11.9. The third-order valence-electron chi connectivity index (χ3n) is 3.98. The minimum absolute atomic E-state index is 0.111. The highest BCUT2D eigenvalue weighted by Gasteiger charge is 2.27. The van der Waals surface area contributed by atoms with E-state index in [1.807, 2.05) is 0 Å². The van der Waals surface area contributed by atoms with E-state index in [0.29, 0.717) is 28.3 Å². The van der Waals surface area contributed by atoms with Crippen molar-refractivity contribution in [2.45, 2.75) is 6.92 Å². The van der Waals surface area contributed by atoms with Gasteiger partial charge in [0.1, 0.15) is 12.3 Å². The van der Waals surface area contributed by atoms with Crippen LogP contribution in [0.1, 0.15) is 15.9 Å². The predicted molar refractivity (Wildman–Crippen MR) is 92.6 cm³/mol. The highest BCUT2D eigenvalue weighted by atomic mass is 16.5. The van der Waals surface area contributed by atoms with Crippen molar-refractivity contribution in [2.24, 2.45) is 5.73 Å². The number of nitrogens with zero attached hydrogens (tertiary/aromatic N) is 1. The van der Waals surface area contributed by atoms with Crippen LogP contribution < -0.4 is 20.7 Å². The number of nitrogens with one attached hydrogen (secondary N) is 1. The maximum Gasteiger partial charge on any atom is 0.265 e. The molecule has 2 aromatic carbocycles. The van der Waals surface area contributed by atoms with E-state index in [4.69, 9.17) is 10.5 Å². The van der Waals surface area contributed by atoms with E-state index in [1.165, 1.54) is 4.90 Å². The number of rotatable bonds is 4. The van der Waals surface area contributed by atoms with Gasteiger partial charge >= 0.3 is 0 Å². The van der Waals surface area contributed by atoms with Gasteiger partial charge in [-0.25, -0.2) is 0 Å². The Bertz CT molecular complexity index is 863. The zero-order valence-corrected chi connectivity index (χ0v) is 13.6. The normalized spacial score (nSPS) is 13.0. The highest BCUT2D eigenvalue weighted by molar-refractivity contribution is 6.05. The van der Waals surface area contributed by atoms with Gasteiger partial charge in [-0.15, -0.1) is 0 Å². The maximum absolute atomic E-state index is 12.4. The van der Waals surface area contributed by atoms with E-state index in [2.05, 4.69) is 5.32 Å². The van der Waals surface area contributed by atoms with Gasteiger partial charge in [0.2, 0.25) is 11.8 Å². The molecule has 3 N–H and O–H groups in total. The topological polar surface area (TPSA) is 102 Å². The number of anilines is 2. The number of hydrogen-bond donors (Lipinski definition) is 2. The lowest BCUT2D eigenvalue weighted by molar-refractivity contribution is -0.123. The molecule has 7 nitrogen and oxygen atoms in total. The van der Waals surface area contributed by atoms with Crippen molar-refractivity contribution in [1.29, 1.82) is 0 Å². The van der Waals surface area contributed by atoms with Crippen molar-refractivity contribution < 1.29 is 19.1 Å². The van der Waals surface area contributed by atoms with E-state index in [9.17, 15) is 14.4 Å². The predicted octanol–water partition coefficient (Wildman–Crippen LogP) is 1.46. The van der Waals surface area contributed by atoms with Gasteiger partial charge in [-0.1, -0.05) is 18.2 Å². The van der Waals surface area contributed by atoms with Crippen LogP contribution in [0.4, 0.5) is 11.4 Å². The molecule has 3 amide bonds. The first-order valence-corrected chi connectivity index (χ1v) is 7.69. The van der Waals surface area contributed by atoms with Crippen LogP contribution in [0.5, 0.6) is 5.75 Å². The fourth-order valence-corrected chi connectivity index (χ4v) is 2.70. The van der Waals surface area contributed by atoms with Gasteiger partial charge in [0.25, 0.3) is 5.91 Å². The van der Waals surface area contributed by atoms with E-state index in [0.717, 1.165) is 0 Å². The number of ether oxygens (including phenoxy) is 1. The Balaban J connectivity index is 1.79. The van der Waals surface area contributed by atoms with Crippen LogP contribution in [0.2, 0.25) is 0 Å². The third kappa shape index (κ3) is 3.30. The molecule has 2 aromatic rings. The van der Waals surface area contributed by atoms with Gasteiger partial charge in [-0.05, 0) is 36.8 Å². The maximum atomic E-state index is 12.4. The van der Waals surface area contributed by atoms with Crippen LogP contribution in [0, 0.1) is 6.92 Å². The molecular formula is C18H17N3O4. The summed E-state index contributed by atoms with van der Waals surface area (Å²) < 4.78 is 5.35. The molecule has 1 aliphatic heterocycles. The lowest BCUT2D eigenvalue weighted by Crippen LogP contribution is -2.43. The van der Waals surface area contributed by atoms with Crippen molar-refractivity contribution in [3.63, 3.8) is 0 Å². The van der Waals surface area contributed by atoms with E-state index >= 15 is 0 Å². The van der Waals surface area contributed by atoms with Crippen LogP contribution in [0.25, 0.3) is 0 Å². The molecule has 25 heavy (non-hydrogen) atoms. The van der Waals surface area contributed by atoms with E-state index in [-0.39, 0.29) is 25.0 Å². The molecule has 0 atom stereocenters. The van der Waals surface area contributed by atoms with Gasteiger partial charge in [0, 0.05) is 11.3 Å². The summed E-state index contributed by atoms with van der Waals surface area (Å²) in [5.74, 6) is -0.682. The van der Waals surface area contributed by atoms with Gasteiger partial charge < -0.3 is 15.8 Å². The molecule has 7 heteroatoms. The Labute approximate surface area is 144 Å².